The lowest BCUT2D eigenvalue weighted by molar-refractivity contribution is -0.140. The van der Waals surface area contributed by atoms with Crippen molar-refractivity contribution >= 4 is 11.9 Å². The Bertz CT molecular complexity index is 864. The molecular formula is C20H19FO6. The minimum Gasteiger partial charge on any atom is -0.478 e. The summed E-state index contributed by atoms with van der Waals surface area (Å²) in [5.74, 6) is -1.91. The number of carbonyl (C=O) groups is 2. The summed E-state index contributed by atoms with van der Waals surface area (Å²) in [7, 11) is 0. The molecule has 4 atom stereocenters. The molecule has 27 heavy (non-hydrogen) atoms. The Balaban J connectivity index is 1.98. The highest BCUT2D eigenvalue weighted by molar-refractivity contribution is 5.90. The Labute approximate surface area is 155 Å². The second-order valence-corrected chi connectivity index (χ2v) is 6.58. The fourth-order valence-electron chi connectivity index (χ4n) is 3.14. The number of aliphatic hydroxyl groups is 1. The van der Waals surface area contributed by atoms with Gasteiger partial charge in [0.2, 0.25) is 0 Å². The number of alkyl halides is 1. The van der Waals surface area contributed by atoms with Gasteiger partial charge in [-0.3, -0.25) is 0 Å². The molecule has 2 N–H and O–H groups in total. The maximum atomic E-state index is 15.1. The molecule has 2 aromatic carbocycles. The van der Waals surface area contributed by atoms with Crippen molar-refractivity contribution in [1.29, 1.82) is 0 Å². The molecule has 1 fully saturated rings. The fraction of sp³-hybridized carbons (Fsp3) is 0.300. The largest absolute Gasteiger partial charge is 0.478 e. The SMILES string of the molecule is Cc1c(C(=O)O)cccc1[C@H]1O[C@@H](O)[C@](C)(F)[C@@H]1OC(=O)c1ccccc1. The van der Waals surface area contributed by atoms with Gasteiger partial charge in [-0.05, 0) is 43.2 Å². The standard InChI is InChI=1S/C20H19FO6/c1-11-13(9-6-10-14(11)17(22)23)15-16(20(2,21)19(25)26-15)27-18(24)12-7-4-3-5-8-12/h3-10,15-16,19,25H,1-2H3,(H,22,23)/t15-,16-,19-,20-/m1/s1. The van der Waals surface area contributed by atoms with Crippen molar-refractivity contribution in [2.45, 2.75) is 38.0 Å². The molecule has 0 amide bonds. The summed E-state index contributed by atoms with van der Waals surface area (Å²) in [6.45, 7) is 2.63. The Morgan fingerprint density at radius 3 is 2.44 bits per heavy atom. The first kappa shape index (κ1) is 19.0. The van der Waals surface area contributed by atoms with Crippen LogP contribution in [0.25, 0.3) is 0 Å². The van der Waals surface area contributed by atoms with E-state index in [1.807, 2.05) is 0 Å². The number of hydrogen-bond acceptors (Lipinski definition) is 5. The van der Waals surface area contributed by atoms with E-state index in [1.165, 1.54) is 24.3 Å². The summed E-state index contributed by atoms with van der Waals surface area (Å²) in [4.78, 5) is 23.8. The molecule has 7 heteroatoms. The normalized spacial score (nSPS) is 27.3. The fourth-order valence-corrected chi connectivity index (χ4v) is 3.14. The quantitative estimate of drug-likeness (QED) is 0.799. The number of carboxylic acids is 1. The summed E-state index contributed by atoms with van der Waals surface area (Å²) in [6, 6.07) is 12.5. The average Bonchev–Trinajstić information content (AvgIpc) is 2.85. The van der Waals surface area contributed by atoms with Gasteiger partial charge in [-0.15, -0.1) is 0 Å². The summed E-state index contributed by atoms with van der Waals surface area (Å²) in [5.41, 5.74) is -1.45. The van der Waals surface area contributed by atoms with Gasteiger partial charge in [-0.25, -0.2) is 14.0 Å². The highest BCUT2D eigenvalue weighted by Gasteiger charge is 2.57. The van der Waals surface area contributed by atoms with E-state index in [0.717, 1.165) is 6.92 Å². The Hall–Kier alpha value is -2.77. The van der Waals surface area contributed by atoms with Crippen molar-refractivity contribution in [2.75, 3.05) is 0 Å². The lowest BCUT2D eigenvalue weighted by Crippen LogP contribution is -2.42. The molecule has 0 radical (unpaired) electrons. The Kier molecular flexibility index (Phi) is 4.99. The van der Waals surface area contributed by atoms with Crippen LogP contribution in [0.5, 0.6) is 0 Å². The summed E-state index contributed by atoms with van der Waals surface area (Å²) >= 11 is 0. The number of hydrogen-bond donors (Lipinski definition) is 2. The minimum atomic E-state index is -2.37. The zero-order chi connectivity index (χ0) is 19.8. The van der Waals surface area contributed by atoms with E-state index < -0.39 is 36.1 Å². The van der Waals surface area contributed by atoms with Crippen molar-refractivity contribution in [3.05, 3.63) is 70.8 Å². The van der Waals surface area contributed by atoms with Gasteiger partial charge in [0.25, 0.3) is 0 Å². The number of benzene rings is 2. The highest BCUT2D eigenvalue weighted by Crippen LogP contribution is 2.44. The molecule has 0 aliphatic carbocycles. The van der Waals surface area contributed by atoms with E-state index in [1.54, 1.807) is 31.2 Å². The molecule has 0 unspecified atom stereocenters. The molecule has 0 saturated carbocycles. The van der Waals surface area contributed by atoms with Crippen LogP contribution in [0.1, 0.15) is 44.9 Å². The van der Waals surface area contributed by atoms with Crippen LogP contribution in [0.15, 0.2) is 48.5 Å². The number of halogens is 1. The van der Waals surface area contributed by atoms with Gasteiger partial charge < -0.3 is 19.7 Å². The molecule has 142 valence electrons. The average molecular weight is 374 g/mol. The van der Waals surface area contributed by atoms with E-state index in [4.69, 9.17) is 9.47 Å². The zero-order valence-corrected chi connectivity index (χ0v) is 14.8. The first-order valence-electron chi connectivity index (χ1n) is 8.34. The van der Waals surface area contributed by atoms with Gasteiger partial charge >= 0.3 is 11.9 Å². The monoisotopic (exact) mass is 374 g/mol. The molecule has 0 spiro atoms. The number of aliphatic hydroxyl groups excluding tert-OH is 1. The topological polar surface area (TPSA) is 93.1 Å². The molecular weight excluding hydrogens is 355 g/mol. The number of carboxylic acid groups (broad SMARTS) is 1. The van der Waals surface area contributed by atoms with Crippen molar-refractivity contribution in [3.8, 4) is 0 Å². The number of esters is 1. The van der Waals surface area contributed by atoms with Crippen LogP contribution in [0.3, 0.4) is 0 Å². The number of carbonyl (C=O) groups excluding carboxylic acids is 1. The molecule has 1 saturated heterocycles. The van der Waals surface area contributed by atoms with Crippen molar-refractivity contribution < 1.29 is 33.7 Å². The van der Waals surface area contributed by atoms with Crippen LogP contribution in [-0.4, -0.2) is 40.2 Å². The maximum Gasteiger partial charge on any atom is 0.338 e. The van der Waals surface area contributed by atoms with Crippen LogP contribution in [0.4, 0.5) is 4.39 Å². The van der Waals surface area contributed by atoms with Crippen LogP contribution >= 0.6 is 0 Å². The second kappa shape index (κ2) is 7.09. The zero-order valence-electron chi connectivity index (χ0n) is 14.8. The number of ether oxygens (including phenoxy) is 2. The van der Waals surface area contributed by atoms with Crippen LogP contribution in [0.2, 0.25) is 0 Å². The van der Waals surface area contributed by atoms with Crippen LogP contribution in [0, 0.1) is 6.92 Å². The van der Waals surface area contributed by atoms with Gasteiger partial charge in [0.15, 0.2) is 18.1 Å². The Morgan fingerprint density at radius 1 is 1.15 bits per heavy atom. The molecule has 0 aromatic heterocycles. The number of aromatic carboxylic acids is 1. The second-order valence-electron chi connectivity index (χ2n) is 6.58. The summed E-state index contributed by atoms with van der Waals surface area (Å²) < 4.78 is 25.8. The van der Waals surface area contributed by atoms with Gasteiger partial charge in [0.05, 0.1) is 11.1 Å². The molecule has 1 heterocycles. The summed E-state index contributed by atoms with van der Waals surface area (Å²) in [6.07, 6.45) is -4.44. The molecule has 1 aliphatic rings. The molecule has 1 aliphatic heterocycles. The van der Waals surface area contributed by atoms with Crippen molar-refractivity contribution in [3.63, 3.8) is 0 Å². The predicted octanol–water partition coefficient (Wildman–Crippen LogP) is 3.04. The van der Waals surface area contributed by atoms with E-state index in [-0.39, 0.29) is 11.1 Å². The van der Waals surface area contributed by atoms with E-state index in [9.17, 15) is 19.8 Å². The third-order valence-corrected chi connectivity index (χ3v) is 4.75. The lowest BCUT2D eigenvalue weighted by Gasteiger charge is -2.26. The third kappa shape index (κ3) is 3.43. The van der Waals surface area contributed by atoms with Crippen molar-refractivity contribution in [1.82, 2.24) is 0 Å². The maximum absolute atomic E-state index is 15.1. The lowest BCUT2D eigenvalue weighted by atomic mass is 9.91. The van der Waals surface area contributed by atoms with Crippen molar-refractivity contribution in [2.24, 2.45) is 0 Å². The smallest absolute Gasteiger partial charge is 0.338 e. The molecule has 3 rings (SSSR count). The minimum absolute atomic E-state index is 0.0196. The van der Waals surface area contributed by atoms with E-state index in [2.05, 4.69) is 0 Å². The van der Waals surface area contributed by atoms with E-state index >= 15 is 4.39 Å². The Morgan fingerprint density at radius 2 is 1.81 bits per heavy atom. The van der Waals surface area contributed by atoms with Crippen LogP contribution in [-0.2, 0) is 9.47 Å². The van der Waals surface area contributed by atoms with Gasteiger partial charge in [0, 0.05) is 0 Å². The van der Waals surface area contributed by atoms with Gasteiger partial charge in [-0.1, -0.05) is 30.3 Å². The third-order valence-electron chi connectivity index (χ3n) is 4.75. The molecule has 0 bridgehead atoms. The van der Waals surface area contributed by atoms with E-state index in [0.29, 0.717) is 11.1 Å². The first-order valence-corrected chi connectivity index (χ1v) is 8.34. The predicted molar refractivity (Wildman–Crippen MR) is 93.1 cm³/mol. The molecule has 2 aromatic rings. The summed E-state index contributed by atoms with van der Waals surface area (Å²) in [5, 5.41) is 19.3. The molecule has 6 nitrogen and oxygen atoms in total. The highest BCUT2D eigenvalue weighted by atomic mass is 19.1. The van der Waals surface area contributed by atoms with Gasteiger partial charge in [0.1, 0.15) is 6.10 Å². The first-order chi connectivity index (χ1) is 12.7. The number of rotatable bonds is 4. The van der Waals surface area contributed by atoms with Crippen LogP contribution < -0.4 is 0 Å². The van der Waals surface area contributed by atoms with Gasteiger partial charge in [-0.2, -0.15) is 0 Å².